The monoisotopic (exact) mass is 281 g/mol. The summed E-state index contributed by atoms with van der Waals surface area (Å²) in [6, 6.07) is 0.250. The number of rotatable bonds is 4. The van der Waals surface area contributed by atoms with Crippen LogP contribution in [0, 0.1) is 17.3 Å². The van der Waals surface area contributed by atoms with Crippen molar-refractivity contribution in [2.24, 2.45) is 28.1 Å². The van der Waals surface area contributed by atoms with Crippen LogP contribution in [0.4, 0.5) is 0 Å². The molecule has 5 heteroatoms. The Morgan fingerprint density at radius 1 is 1.40 bits per heavy atom. The zero-order valence-corrected chi connectivity index (χ0v) is 12.6. The highest BCUT2D eigenvalue weighted by atomic mass is 16.4. The van der Waals surface area contributed by atoms with E-state index in [2.05, 4.69) is 24.3 Å². The van der Waals surface area contributed by atoms with Gasteiger partial charge in [0.05, 0.1) is 0 Å². The number of carbonyl (C=O) groups is 1. The van der Waals surface area contributed by atoms with Crippen LogP contribution >= 0.6 is 0 Å². The lowest BCUT2D eigenvalue weighted by molar-refractivity contribution is -0.134. The summed E-state index contributed by atoms with van der Waals surface area (Å²) >= 11 is 0. The average molecular weight is 281 g/mol. The van der Waals surface area contributed by atoms with E-state index in [4.69, 9.17) is 10.9 Å². The number of hydrogen-bond donors (Lipinski definition) is 3. The van der Waals surface area contributed by atoms with Crippen molar-refractivity contribution in [3.05, 3.63) is 0 Å². The lowest BCUT2D eigenvalue weighted by Gasteiger charge is -2.45. The summed E-state index contributed by atoms with van der Waals surface area (Å²) in [6.45, 7) is 4.27. The van der Waals surface area contributed by atoms with E-state index in [0.717, 1.165) is 12.8 Å². The normalized spacial score (nSPS) is 38.1. The molecule has 4 N–H and O–H groups in total. The van der Waals surface area contributed by atoms with Gasteiger partial charge >= 0.3 is 0 Å². The van der Waals surface area contributed by atoms with Gasteiger partial charge in [-0.25, -0.2) is 0 Å². The quantitative estimate of drug-likeness (QED) is 0.319. The molecule has 2 unspecified atom stereocenters. The maximum atomic E-state index is 12.6. The van der Waals surface area contributed by atoms with Crippen LogP contribution in [0.5, 0.6) is 0 Å². The van der Waals surface area contributed by atoms with E-state index < -0.39 is 5.41 Å². The lowest BCUT2D eigenvalue weighted by Crippen LogP contribution is -2.59. The SMILES string of the molecule is CCC1CCCCC1NC(=O)C1(C(N)=NO)CC(C)C1. The van der Waals surface area contributed by atoms with E-state index in [1.54, 1.807) is 0 Å². The van der Waals surface area contributed by atoms with Gasteiger partial charge in [0.2, 0.25) is 5.91 Å². The van der Waals surface area contributed by atoms with Crippen molar-refractivity contribution in [1.29, 1.82) is 0 Å². The van der Waals surface area contributed by atoms with Gasteiger partial charge in [0, 0.05) is 6.04 Å². The fourth-order valence-corrected chi connectivity index (χ4v) is 3.93. The van der Waals surface area contributed by atoms with E-state index >= 15 is 0 Å². The van der Waals surface area contributed by atoms with Gasteiger partial charge in [-0.3, -0.25) is 4.79 Å². The maximum Gasteiger partial charge on any atom is 0.234 e. The molecule has 114 valence electrons. The number of nitrogens with zero attached hydrogens (tertiary/aromatic N) is 1. The fourth-order valence-electron chi connectivity index (χ4n) is 3.93. The molecule has 2 saturated carbocycles. The summed E-state index contributed by atoms with van der Waals surface area (Å²) in [5.41, 5.74) is 5.01. The first-order valence-corrected chi connectivity index (χ1v) is 7.82. The van der Waals surface area contributed by atoms with Gasteiger partial charge in [0.15, 0.2) is 5.84 Å². The predicted molar refractivity (Wildman–Crippen MR) is 78.4 cm³/mol. The highest BCUT2D eigenvalue weighted by molar-refractivity contribution is 6.07. The molecule has 2 fully saturated rings. The van der Waals surface area contributed by atoms with Crippen molar-refractivity contribution in [1.82, 2.24) is 5.32 Å². The van der Waals surface area contributed by atoms with Crippen LogP contribution < -0.4 is 11.1 Å². The summed E-state index contributed by atoms with van der Waals surface area (Å²) in [5.74, 6) is 1.04. The van der Waals surface area contributed by atoms with Crippen LogP contribution in [0.2, 0.25) is 0 Å². The number of carbonyl (C=O) groups excluding carboxylic acids is 1. The van der Waals surface area contributed by atoms with Crippen molar-refractivity contribution < 1.29 is 10.0 Å². The van der Waals surface area contributed by atoms with Gasteiger partial charge in [0.1, 0.15) is 5.41 Å². The zero-order valence-electron chi connectivity index (χ0n) is 12.6. The Labute approximate surface area is 121 Å². The van der Waals surface area contributed by atoms with Crippen molar-refractivity contribution in [2.75, 3.05) is 0 Å². The molecular weight excluding hydrogens is 254 g/mol. The van der Waals surface area contributed by atoms with Gasteiger partial charge in [-0.1, -0.05) is 38.3 Å². The highest BCUT2D eigenvalue weighted by Crippen LogP contribution is 2.46. The number of amidine groups is 1. The minimum Gasteiger partial charge on any atom is -0.409 e. The minimum atomic E-state index is -0.774. The van der Waals surface area contributed by atoms with Gasteiger partial charge in [-0.05, 0) is 37.5 Å². The first-order valence-electron chi connectivity index (χ1n) is 7.82. The first kappa shape index (κ1) is 15.1. The third-order valence-corrected chi connectivity index (χ3v) is 5.18. The molecule has 0 spiro atoms. The molecule has 0 radical (unpaired) electrons. The topological polar surface area (TPSA) is 87.7 Å². The molecule has 5 nitrogen and oxygen atoms in total. The van der Waals surface area contributed by atoms with Crippen LogP contribution in [-0.2, 0) is 4.79 Å². The average Bonchev–Trinajstić information content (AvgIpc) is 2.43. The van der Waals surface area contributed by atoms with Crippen molar-refractivity contribution >= 4 is 11.7 Å². The third kappa shape index (κ3) is 2.63. The number of amides is 1. The molecule has 2 aliphatic rings. The second-order valence-corrected chi connectivity index (χ2v) is 6.61. The number of hydrogen-bond acceptors (Lipinski definition) is 3. The van der Waals surface area contributed by atoms with E-state index in [-0.39, 0.29) is 17.8 Å². The van der Waals surface area contributed by atoms with Gasteiger partial charge in [0.25, 0.3) is 0 Å². The molecular formula is C15H27N3O2. The second-order valence-electron chi connectivity index (χ2n) is 6.61. The van der Waals surface area contributed by atoms with Gasteiger partial charge < -0.3 is 16.3 Å². The second kappa shape index (κ2) is 6.02. The Kier molecular flexibility index (Phi) is 4.55. The molecule has 20 heavy (non-hydrogen) atoms. The summed E-state index contributed by atoms with van der Waals surface area (Å²) < 4.78 is 0. The van der Waals surface area contributed by atoms with Crippen LogP contribution in [0.25, 0.3) is 0 Å². The fraction of sp³-hybridized carbons (Fsp3) is 0.867. The van der Waals surface area contributed by atoms with Crippen LogP contribution in [0.15, 0.2) is 5.16 Å². The molecule has 2 atom stereocenters. The van der Waals surface area contributed by atoms with Crippen LogP contribution in [-0.4, -0.2) is 23.0 Å². The Bertz CT molecular complexity index is 389. The van der Waals surface area contributed by atoms with Crippen LogP contribution in [0.3, 0.4) is 0 Å². The molecule has 0 bridgehead atoms. The smallest absolute Gasteiger partial charge is 0.234 e. The maximum absolute atomic E-state index is 12.6. The van der Waals surface area contributed by atoms with Crippen molar-refractivity contribution in [2.45, 2.75) is 64.8 Å². The molecule has 2 aliphatic carbocycles. The summed E-state index contributed by atoms with van der Waals surface area (Å²) in [4.78, 5) is 12.6. The van der Waals surface area contributed by atoms with E-state index in [1.165, 1.54) is 19.3 Å². The number of oxime groups is 1. The Balaban J connectivity index is 2.06. The van der Waals surface area contributed by atoms with Gasteiger partial charge in [-0.15, -0.1) is 0 Å². The summed E-state index contributed by atoms with van der Waals surface area (Å²) in [5, 5.41) is 15.2. The van der Waals surface area contributed by atoms with Crippen LogP contribution in [0.1, 0.15) is 58.8 Å². The molecule has 0 aliphatic heterocycles. The minimum absolute atomic E-state index is 0.0451. The highest BCUT2D eigenvalue weighted by Gasteiger charge is 2.52. The van der Waals surface area contributed by atoms with Gasteiger partial charge in [-0.2, -0.15) is 0 Å². The first-order chi connectivity index (χ1) is 9.53. The molecule has 0 saturated heterocycles. The molecule has 1 amide bonds. The Hall–Kier alpha value is -1.26. The molecule has 0 heterocycles. The Morgan fingerprint density at radius 2 is 2.05 bits per heavy atom. The Morgan fingerprint density at radius 3 is 2.60 bits per heavy atom. The number of nitrogens with one attached hydrogen (secondary N) is 1. The summed E-state index contributed by atoms with van der Waals surface area (Å²) in [7, 11) is 0. The summed E-state index contributed by atoms with van der Waals surface area (Å²) in [6.07, 6.45) is 7.12. The number of nitrogens with two attached hydrogens (primary N) is 1. The largest absolute Gasteiger partial charge is 0.409 e. The van der Waals surface area contributed by atoms with Crippen molar-refractivity contribution in [3.8, 4) is 0 Å². The predicted octanol–water partition coefficient (Wildman–Crippen LogP) is 2.23. The zero-order chi connectivity index (χ0) is 14.8. The molecule has 0 aromatic heterocycles. The third-order valence-electron chi connectivity index (χ3n) is 5.18. The molecule has 2 rings (SSSR count). The standard InChI is InChI=1S/C15H27N3O2/c1-3-11-6-4-5-7-12(11)17-14(19)15(13(16)18-20)8-10(2)9-15/h10-12,20H,3-9H2,1-2H3,(H2,16,18)(H,17,19). The van der Waals surface area contributed by atoms with E-state index in [0.29, 0.717) is 24.7 Å². The van der Waals surface area contributed by atoms with E-state index in [1.807, 2.05) is 0 Å². The van der Waals surface area contributed by atoms with Crippen molar-refractivity contribution in [3.63, 3.8) is 0 Å². The van der Waals surface area contributed by atoms with E-state index in [9.17, 15) is 4.79 Å². The molecule has 0 aromatic carbocycles. The molecule has 0 aromatic rings. The lowest BCUT2D eigenvalue weighted by atomic mass is 9.61.